The number of alkyl halides is 1. The van der Waals surface area contributed by atoms with E-state index < -0.39 is 29.1 Å². The zero-order chi connectivity index (χ0) is 27.5. The molecule has 2 heterocycles. The first kappa shape index (κ1) is 29.2. The van der Waals surface area contributed by atoms with E-state index in [1.54, 1.807) is 18.7 Å². The molecule has 2 saturated carbocycles. The summed E-state index contributed by atoms with van der Waals surface area (Å²) in [5, 5.41) is 5.97. The van der Waals surface area contributed by atoms with Crippen LogP contribution in [0.15, 0.2) is 0 Å². The summed E-state index contributed by atoms with van der Waals surface area (Å²) in [7, 11) is 0. The highest BCUT2D eigenvalue weighted by Crippen LogP contribution is 2.48. The van der Waals surface area contributed by atoms with E-state index in [1.165, 1.54) is 12.8 Å². The number of halogens is 1. The average molecular weight is 537 g/mol. The van der Waals surface area contributed by atoms with Gasteiger partial charge in [-0.05, 0) is 88.9 Å². The summed E-state index contributed by atoms with van der Waals surface area (Å²) in [5.74, 6) is 1.16. The van der Waals surface area contributed by atoms with Crippen molar-refractivity contribution in [2.45, 2.75) is 103 Å². The molecule has 38 heavy (non-hydrogen) atoms. The largest absolute Gasteiger partial charge is 0.378 e. The van der Waals surface area contributed by atoms with E-state index >= 15 is 0 Å². The molecule has 0 aromatic rings. The Kier molecular flexibility index (Phi) is 9.38. The number of nitrogens with zero attached hydrogens (tertiary/aromatic N) is 1. The molecule has 1 spiro atoms. The fraction of sp³-hybridized carbons (Fsp3) is 0.897. The Morgan fingerprint density at radius 1 is 1.18 bits per heavy atom. The summed E-state index contributed by atoms with van der Waals surface area (Å²) in [6, 6.07) is -0.878. The van der Waals surface area contributed by atoms with Crippen LogP contribution in [0, 0.1) is 29.1 Å². The molecule has 216 valence electrons. The lowest BCUT2D eigenvalue weighted by Gasteiger charge is -2.46. The summed E-state index contributed by atoms with van der Waals surface area (Å²) in [4.78, 5) is 41.7. The number of nitrogens with one attached hydrogen (secondary N) is 2. The molecule has 2 saturated heterocycles. The van der Waals surface area contributed by atoms with E-state index in [0.717, 1.165) is 44.4 Å². The standard InChI is InChI=1S/C29H49FN4O4/c1-19-5-9-21(10-6-19)23-15-32-27(37)29(23)13-4-14-34(18-29)25(35)24(33-26(36)28(2,3)31)17-38-16-20-7-11-22(30)12-8-20/h19-24H,4-18,31H2,1-3H3,(H,32,37)(H,33,36). The molecule has 0 radical (unpaired) electrons. The zero-order valence-electron chi connectivity index (χ0n) is 23.6. The van der Waals surface area contributed by atoms with Crippen LogP contribution in [0.2, 0.25) is 0 Å². The number of hydrogen-bond acceptors (Lipinski definition) is 5. The second-order valence-electron chi connectivity index (χ2n) is 13.3. The van der Waals surface area contributed by atoms with Crippen molar-refractivity contribution < 1.29 is 23.5 Å². The number of carbonyl (C=O) groups is 3. The summed E-state index contributed by atoms with van der Waals surface area (Å²) in [6.45, 7) is 7.61. The van der Waals surface area contributed by atoms with Gasteiger partial charge in [-0.25, -0.2) is 4.39 Å². The minimum atomic E-state index is -1.14. The van der Waals surface area contributed by atoms with Gasteiger partial charge in [0.15, 0.2) is 0 Å². The number of ether oxygens (including phenoxy) is 1. The van der Waals surface area contributed by atoms with Crippen LogP contribution in [-0.4, -0.2) is 73.2 Å². The van der Waals surface area contributed by atoms with E-state index in [-0.39, 0.29) is 30.3 Å². The van der Waals surface area contributed by atoms with E-state index in [0.29, 0.717) is 45.0 Å². The first-order valence-corrected chi connectivity index (χ1v) is 14.9. The third-order valence-corrected chi connectivity index (χ3v) is 9.71. The maximum atomic E-state index is 13.9. The topological polar surface area (TPSA) is 114 Å². The SMILES string of the molecule is CC1CCC(C2CNC(=O)C23CCCN(C(=O)C(COCC2CCC(F)CC2)NC(=O)C(C)(C)N)C3)CC1. The summed E-state index contributed by atoms with van der Waals surface area (Å²) >= 11 is 0. The molecular formula is C29H49FN4O4. The van der Waals surface area contributed by atoms with Crippen molar-refractivity contribution in [3.8, 4) is 0 Å². The Hall–Kier alpha value is -1.74. The molecule has 0 bridgehead atoms. The summed E-state index contributed by atoms with van der Waals surface area (Å²) in [6.07, 6.45) is 8.13. The van der Waals surface area contributed by atoms with Gasteiger partial charge in [0.1, 0.15) is 12.2 Å². The van der Waals surface area contributed by atoms with Crippen molar-refractivity contribution in [2.75, 3.05) is 32.8 Å². The first-order valence-electron chi connectivity index (χ1n) is 14.9. The number of nitrogens with two attached hydrogens (primary N) is 1. The van der Waals surface area contributed by atoms with Gasteiger partial charge < -0.3 is 26.0 Å². The minimum absolute atomic E-state index is 0.0375. The highest BCUT2D eigenvalue weighted by atomic mass is 19.1. The minimum Gasteiger partial charge on any atom is -0.378 e. The zero-order valence-corrected chi connectivity index (χ0v) is 23.6. The molecule has 3 amide bonds. The third-order valence-electron chi connectivity index (χ3n) is 9.71. The predicted molar refractivity (Wildman–Crippen MR) is 144 cm³/mol. The van der Waals surface area contributed by atoms with Gasteiger partial charge in [-0.2, -0.15) is 0 Å². The average Bonchev–Trinajstić information content (AvgIpc) is 3.18. The van der Waals surface area contributed by atoms with Crippen molar-refractivity contribution in [3.63, 3.8) is 0 Å². The molecule has 9 heteroatoms. The van der Waals surface area contributed by atoms with Crippen molar-refractivity contribution in [1.82, 2.24) is 15.5 Å². The number of amides is 3. The van der Waals surface area contributed by atoms with Gasteiger partial charge >= 0.3 is 0 Å². The lowest BCUT2D eigenvalue weighted by molar-refractivity contribution is -0.147. The molecule has 3 atom stereocenters. The maximum Gasteiger partial charge on any atom is 0.247 e. The van der Waals surface area contributed by atoms with Crippen molar-refractivity contribution in [2.24, 2.45) is 34.8 Å². The third kappa shape index (κ3) is 6.69. The monoisotopic (exact) mass is 536 g/mol. The van der Waals surface area contributed by atoms with E-state index in [1.807, 2.05) is 0 Å². The first-order chi connectivity index (χ1) is 18.0. The van der Waals surface area contributed by atoms with Crippen molar-refractivity contribution in [3.05, 3.63) is 0 Å². The number of carbonyl (C=O) groups excluding carboxylic acids is 3. The second kappa shape index (κ2) is 12.2. The van der Waals surface area contributed by atoms with E-state index in [2.05, 4.69) is 17.6 Å². The summed E-state index contributed by atoms with van der Waals surface area (Å²) < 4.78 is 19.5. The summed E-state index contributed by atoms with van der Waals surface area (Å²) in [5.41, 5.74) is 4.32. The molecule has 3 unspecified atom stereocenters. The van der Waals surface area contributed by atoms with Gasteiger partial charge in [-0.1, -0.05) is 19.8 Å². The Labute approximate surface area is 227 Å². The Balaban J connectivity index is 1.44. The molecule has 2 aliphatic heterocycles. The molecule has 0 aromatic heterocycles. The van der Waals surface area contributed by atoms with Crippen LogP contribution in [-0.2, 0) is 19.1 Å². The highest BCUT2D eigenvalue weighted by molar-refractivity contribution is 5.92. The Morgan fingerprint density at radius 2 is 1.87 bits per heavy atom. The normalized spacial score (nSPS) is 35.1. The maximum absolute atomic E-state index is 13.9. The van der Waals surface area contributed by atoms with Crippen LogP contribution in [0.1, 0.15) is 85.0 Å². The van der Waals surface area contributed by atoms with Crippen LogP contribution < -0.4 is 16.4 Å². The fourth-order valence-corrected chi connectivity index (χ4v) is 7.19. The van der Waals surface area contributed by atoms with E-state index in [4.69, 9.17) is 10.5 Å². The Morgan fingerprint density at radius 3 is 2.53 bits per heavy atom. The lowest BCUT2D eigenvalue weighted by atomic mass is 9.63. The smallest absolute Gasteiger partial charge is 0.247 e. The molecule has 4 fully saturated rings. The predicted octanol–water partition coefficient (Wildman–Crippen LogP) is 2.93. The lowest BCUT2D eigenvalue weighted by Crippen LogP contribution is -2.60. The van der Waals surface area contributed by atoms with Gasteiger partial charge in [0.25, 0.3) is 0 Å². The number of piperidine rings is 1. The van der Waals surface area contributed by atoms with Crippen LogP contribution >= 0.6 is 0 Å². The van der Waals surface area contributed by atoms with Crippen molar-refractivity contribution in [1.29, 1.82) is 0 Å². The molecule has 4 rings (SSSR count). The Bertz CT molecular complexity index is 848. The molecule has 8 nitrogen and oxygen atoms in total. The van der Waals surface area contributed by atoms with Gasteiger partial charge in [0, 0.05) is 26.2 Å². The molecule has 4 aliphatic rings. The fourth-order valence-electron chi connectivity index (χ4n) is 7.19. The van der Waals surface area contributed by atoms with Gasteiger partial charge in [0.2, 0.25) is 17.7 Å². The number of hydrogen-bond donors (Lipinski definition) is 3. The molecule has 4 N–H and O–H groups in total. The van der Waals surface area contributed by atoms with Gasteiger partial charge in [-0.3, -0.25) is 14.4 Å². The second-order valence-corrected chi connectivity index (χ2v) is 13.3. The molecule has 2 aliphatic carbocycles. The van der Waals surface area contributed by atoms with Crippen molar-refractivity contribution >= 4 is 17.7 Å². The van der Waals surface area contributed by atoms with E-state index in [9.17, 15) is 18.8 Å². The van der Waals surface area contributed by atoms with Crippen LogP contribution in [0.5, 0.6) is 0 Å². The molecule has 0 aromatic carbocycles. The van der Waals surface area contributed by atoms with Crippen LogP contribution in [0.25, 0.3) is 0 Å². The quantitative estimate of drug-likeness (QED) is 0.441. The number of rotatable bonds is 8. The van der Waals surface area contributed by atoms with Gasteiger partial charge in [0.05, 0.1) is 17.6 Å². The van der Waals surface area contributed by atoms with Gasteiger partial charge in [-0.15, -0.1) is 0 Å². The molecular weight excluding hydrogens is 487 g/mol. The number of likely N-dealkylation sites (tertiary alicyclic amines) is 1. The van der Waals surface area contributed by atoms with Crippen LogP contribution in [0.4, 0.5) is 4.39 Å². The highest BCUT2D eigenvalue weighted by Gasteiger charge is 2.55. The van der Waals surface area contributed by atoms with Crippen LogP contribution in [0.3, 0.4) is 0 Å².